The molecule has 0 heterocycles. The minimum absolute atomic E-state index is 0.832. The van der Waals surface area contributed by atoms with Crippen molar-refractivity contribution in [3.63, 3.8) is 0 Å². The summed E-state index contributed by atoms with van der Waals surface area (Å²) in [7, 11) is 0. The van der Waals surface area contributed by atoms with Gasteiger partial charge < -0.3 is 0 Å². The largest absolute Gasteiger partial charge is 0.262 e. The van der Waals surface area contributed by atoms with Crippen molar-refractivity contribution in [1.82, 2.24) is 0 Å². The first-order valence-corrected chi connectivity index (χ1v) is 3.81. The lowest BCUT2D eigenvalue weighted by Gasteiger charge is -1.98. The van der Waals surface area contributed by atoms with Crippen molar-refractivity contribution < 1.29 is 0 Å². The monoisotopic (exact) mass is 160 g/mol. The van der Waals surface area contributed by atoms with E-state index in [0.29, 0.717) is 0 Å². The van der Waals surface area contributed by atoms with Crippen molar-refractivity contribution in [2.75, 3.05) is 0 Å². The molecule has 2 nitrogen and oxygen atoms in total. The molecular weight excluding hydrogens is 148 g/mol. The van der Waals surface area contributed by atoms with Crippen LogP contribution in [0.2, 0.25) is 0 Å². The van der Waals surface area contributed by atoms with Crippen LogP contribution in [0.4, 0.5) is 11.4 Å². The fourth-order valence-electron chi connectivity index (χ4n) is 0.933. The van der Waals surface area contributed by atoms with E-state index in [1.54, 1.807) is 0 Å². The third-order valence-electron chi connectivity index (χ3n) is 1.40. The average Bonchev–Trinajstić information content (AvgIpc) is 2.04. The van der Waals surface area contributed by atoms with Gasteiger partial charge in [-0.2, -0.15) is 0 Å². The molecule has 0 aromatic heterocycles. The van der Waals surface area contributed by atoms with E-state index in [2.05, 4.69) is 16.7 Å². The van der Waals surface area contributed by atoms with Gasteiger partial charge in [0, 0.05) is 5.71 Å². The van der Waals surface area contributed by atoms with Crippen LogP contribution in [0.5, 0.6) is 0 Å². The van der Waals surface area contributed by atoms with Gasteiger partial charge in [-0.1, -0.05) is 12.1 Å². The molecule has 0 aliphatic heterocycles. The van der Waals surface area contributed by atoms with Crippen molar-refractivity contribution in [3.8, 4) is 0 Å². The Labute approximate surface area is 72.7 Å². The predicted molar refractivity (Wildman–Crippen MR) is 54.1 cm³/mol. The lowest BCUT2D eigenvalue weighted by Crippen LogP contribution is -1.78. The smallest absolute Gasteiger partial charge is 0.0884 e. The molecule has 12 heavy (non-hydrogen) atoms. The molecule has 1 aromatic carbocycles. The predicted octanol–water partition coefficient (Wildman–Crippen LogP) is 3.13. The summed E-state index contributed by atoms with van der Waals surface area (Å²) >= 11 is 0. The molecule has 0 fully saturated rings. The van der Waals surface area contributed by atoms with E-state index < -0.39 is 0 Å². The van der Waals surface area contributed by atoms with Crippen molar-refractivity contribution >= 4 is 23.8 Å². The van der Waals surface area contributed by atoms with Crippen molar-refractivity contribution in [1.29, 1.82) is 0 Å². The Kier molecular flexibility index (Phi) is 2.75. The second-order valence-electron chi connectivity index (χ2n) is 2.71. The van der Waals surface area contributed by atoms with Gasteiger partial charge in [0.05, 0.1) is 11.4 Å². The summed E-state index contributed by atoms with van der Waals surface area (Å²) in [5.41, 5.74) is 2.73. The van der Waals surface area contributed by atoms with E-state index in [0.717, 1.165) is 17.1 Å². The van der Waals surface area contributed by atoms with Gasteiger partial charge in [-0.05, 0) is 32.7 Å². The van der Waals surface area contributed by atoms with E-state index in [9.17, 15) is 0 Å². The van der Waals surface area contributed by atoms with Crippen LogP contribution in [-0.4, -0.2) is 12.4 Å². The molecule has 0 bridgehead atoms. The number of para-hydroxylation sites is 2. The second-order valence-corrected chi connectivity index (χ2v) is 2.71. The van der Waals surface area contributed by atoms with Crippen molar-refractivity contribution in [3.05, 3.63) is 24.3 Å². The molecule has 0 atom stereocenters. The van der Waals surface area contributed by atoms with Crippen LogP contribution >= 0.6 is 0 Å². The van der Waals surface area contributed by atoms with Crippen molar-refractivity contribution in [2.24, 2.45) is 9.98 Å². The highest BCUT2D eigenvalue weighted by Crippen LogP contribution is 2.26. The number of rotatable bonds is 2. The number of benzene rings is 1. The average molecular weight is 160 g/mol. The zero-order valence-corrected chi connectivity index (χ0v) is 7.41. The molecule has 1 aromatic rings. The Morgan fingerprint density at radius 3 is 2.25 bits per heavy atom. The highest BCUT2D eigenvalue weighted by molar-refractivity contribution is 5.84. The molecule has 0 saturated heterocycles. The summed E-state index contributed by atoms with van der Waals surface area (Å²) in [6.07, 6.45) is 0. The van der Waals surface area contributed by atoms with Gasteiger partial charge in [-0.3, -0.25) is 9.98 Å². The van der Waals surface area contributed by atoms with Gasteiger partial charge in [0.25, 0.3) is 0 Å². The maximum atomic E-state index is 4.31. The summed E-state index contributed by atoms with van der Waals surface area (Å²) in [6.45, 7) is 7.40. The first-order chi connectivity index (χ1) is 5.74. The second kappa shape index (κ2) is 3.81. The van der Waals surface area contributed by atoms with Gasteiger partial charge in [0.15, 0.2) is 0 Å². The molecule has 0 N–H and O–H groups in total. The number of nitrogens with zero attached hydrogens (tertiary/aromatic N) is 2. The van der Waals surface area contributed by atoms with E-state index in [1.807, 2.05) is 38.1 Å². The Morgan fingerprint density at radius 1 is 1.17 bits per heavy atom. The molecule has 0 aliphatic rings. The van der Waals surface area contributed by atoms with Gasteiger partial charge in [-0.25, -0.2) is 0 Å². The lowest BCUT2D eigenvalue weighted by atomic mass is 10.3. The summed E-state index contributed by atoms with van der Waals surface area (Å²) in [6, 6.07) is 7.69. The number of hydrogen-bond acceptors (Lipinski definition) is 2. The summed E-state index contributed by atoms with van der Waals surface area (Å²) in [5, 5.41) is 0. The molecule has 0 aliphatic carbocycles. The maximum Gasteiger partial charge on any atom is 0.0884 e. The van der Waals surface area contributed by atoms with Crippen LogP contribution in [0, 0.1) is 0 Å². The SMILES string of the molecule is C=Nc1ccccc1N=C(C)C. The fourth-order valence-corrected chi connectivity index (χ4v) is 0.933. The fraction of sp³-hybridized carbons (Fsp3) is 0.200. The van der Waals surface area contributed by atoms with Gasteiger partial charge in [0.2, 0.25) is 0 Å². The zero-order valence-electron chi connectivity index (χ0n) is 7.41. The van der Waals surface area contributed by atoms with Crippen molar-refractivity contribution in [2.45, 2.75) is 13.8 Å². The van der Waals surface area contributed by atoms with Crippen LogP contribution in [-0.2, 0) is 0 Å². The van der Waals surface area contributed by atoms with Crippen LogP contribution in [0.3, 0.4) is 0 Å². The standard InChI is InChI=1S/C10H12N2/c1-8(2)12-10-7-5-4-6-9(10)11-3/h4-7H,3H2,1-2H3. The first kappa shape index (κ1) is 8.65. The van der Waals surface area contributed by atoms with Crippen LogP contribution in [0.25, 0.3) is 0 Å². The third-order valence-corrected chi connectivity index (χ3v) is 1.40. The van der Waals surface area contributed by atoms with E-state index in [4.69, 9.17) is 0 Å². The molecule has 62 valence electrons. The van der Waals surface area contributed by atoms with E-state index >= 15 is 0 Å². The van der Waals surface area contributed by atoms with Crippen LogP contribution in [0.15, 0.2) is 34.3 Å². The van der Waals surface area contributed by atoms with Gasteiger partial charge >= 0.3 is 0 Å². The molecule has 0 spiro atoms. The number of aliphatic imine (C=N–C) groups is 2. The highest BCUT2D eigenvalue weighted by atomic mass is 14.8. The maximum absolute atomic E-state index is 4.31. The molecule has 2 heteroatoms. The Hall–Kier alpha value is -1.44. The molecule has 0 amide bonds. The first-order valence-electron chi connectivity index (χ1n) is 3.81. The molecule has 0 radical (unpaired) electrons. The normalized spacial score (nSPS) is 9.17. The molecular formula is C10H12N2. The lowest BCUT2D eigenvalue weighted by molar-refractivity contribution is 1.43. The van der Waals surface area contributed by atoms with Crippen LogP contribution < -0.4 is 0 Å². The Bertz CT molecular complexity index is 309. The van der Waals surface area contributed by atoms with Crippen LogP contribution in [0.1, 0.15) is 13.8 Å². The topological polar surface area (TPSA) is 24.7 Å². The summed E-state index contributed by atoms with van der Waals surface area (Å²) in [4.78, 5) is 8.18. The minimum atomic E-state index is 0.832. The highest BCUT2D eigenvalue weighted by Gasteiger charge is 1.95. The zero-order chi connectivity index (χ0) is 8.97. The molecule has 1 rings (SSSR count). The van der Waals surface area contributed by atoms with Gasteiger partial charge in [0.1, 0.15) is 0 Å². The Balaban J connectivity index is 3.14. The Morgan fingerprint density at radius 2 is 1.75 bits per heavy atom. The van der Waals surface area contributed by atoms with E-state index in [1.165, 1.54) is 0 Å². The number of hydrogen-bond donors (Lipinski definition) is 0. The quantitative estimate of drug-likeness (QED) is 0.594. The third kappa shape index (κ3) is 2.02. The van der Waals surface area contributed by atoms with E-state index in [-0.39, 0.29) is 0 Å². The summed E-state index contributed by atoms with van der Waals surface area (Å²) in [5.74, 6) is 0. The molecule has 0 saturated carbocycles. The van der Waals surface area contributed by atoms with Gasteiger partial charge in [-0.15, -0.1) is 0 Å². The minimum Gasteiger partial charge on any atom is -0.262 e. The molecule has 0 unspecified atom stereocenters. The summed E-state index contributed by atoms with van der Waals surface area (Å²) < 4.78 is 0.